The summed E-state index contributed by atoms with van der Waals surface area (Å²) in [4.78, 5) is 20.8. The fraction of sp³-hybridized carbons (Fsp3) is 0.111. The molecule has 1 N–H and O–H groups in total. The standard InChI is InChI=1S/C9H5BrN2O4/c10-3-6-7(4-11)5(9(13)14)1-2-8(6)12(15)16/h1-2H,3H2,(H,13,14). The van der Waals surface area contributed by atoms with Gasteiger partial charge in [0.15, 0.2) is 0 Å². The number of hydrogen-bond donors (Lipinski definition) is 1. The minimum absolute atomic E-state index is 0.0489. The normalized spacial score (nSPS) is 9.50. The first-order valence-corrected chi connectivity index (χ1v) is 5.14. The largest absolute Gasteiger partial charge is 0.478 e. The highest BCUT2D eigenvalue weighted by Crippen LogP contribution is 2.27. The Kier molecular flexibility index (Phi) is 3.58. The number of carbonyl (C=O) groups is 1. The molecule has 1 aromatic rings. The molecule has 0 fully saturated rings. The van der Waals surface area contributed by atoms with Gasteiger partial charge in [0, 0.05) is 11.4 Å². The van der Waals surface area contributed by atoms with Crippen LogP contribution >= 0.6 is 15.9 Å². The van der Waals surface area contributed by atoms with E-state index in [-0.39, 0.29) is 27.7 Å². The van der Waals surface area contributed by atoms with Crippen LogP contribution < -0.4 is 0 Å². The molecule has 0 aromatic heterocycles. The first kappa shape index (κ1) is 12.1. The highest BCUT2D eigenvalue weighted by Gasteiger charge is 2.22. The van der Waals surface area contributed by atoms with Gasteiger partial charge in [0.25, 0.3) is 5.69 Å². The molecule has 6 nitrogen and oxygen atoms in total. The van der Waals surface area contributed by atoms with Gasteiger partial charge in [-0.25, -0.2) is 4.79 Å². The zero-order chi connectivity index (χ0) is 12.3. The predicted molar refractivity (Wildman–Crippen MR) is 57.4 cm³/mol. The molecule has 0 aliphatic rings. The summed E-state index contributed by atoms with van der Waals surface area (Å²) in [6.07, 6.45) is 0. The van der Waals surface area contributed by atoms with Crippen LogP contribution in [0.4, 0.5) is 5.69 Å². The van der Waals surface area contributed by atoms with Crippen molar-refractivity contribution in [2.75, 3.05) is 0 Å². The van der Waals surface area contributed by atoms with E-state index in [1.807, 2.05) is 0 Å². The highest BCUT2D eigenvalue weighted by atomic mass is 79.9. The summed E-state index contributed by atoms with van der Waals surface area (Å²) in [5.74, 6) is -1.28. The SMILES string of the molecule is N#Cc1c(C(=O)O)ccc([N+](=O)[O-])c1CBr. The summed E-state index contributed by atoms with van der Waals surface area (Å²) in [7, 11) is 0. The number of nitro groups is 1. The smallest absolute Gasteiger partial charge is 0.337 e. The molecule has 0 heterocycles. The van der Waals surface area contributed by atoms with Gasteiger partial charge >= 0.3 is 5.97 Å². The number of halogens is 1. The van der Waals surface area contributed by atoms with Crippen molar-refractivity contribution < 1.29 is 14.8 Å². The number of nitriles is 1. The van der Waals surface area contributed by atoms with Crippen LogP contribution in [-0.2, 0) is 5.33 Å². The molecule has 0 atom stereocenters. The molecule has 0 saturated heterocycles. The van der Waals surface area contributed by atoms with E-state index in [9.17, 15) is 14.9 Å². The number of nitrogens with zero attached hydrogens (tertiary/aromatic N) is 2. The molecule has 0 bridgehead atoms. The van der Waals surface area contributed by atoms with Gasteiger partial charge in [-0.2, -0.15) is 5.26 Å². The Morgan fingerprint density at radius 1 is 1.62 bits per heavy atom. The van der Waals surface area contributed by atoms with Crippen molar-refractivity contribution in [2.45, 2.75) is 5.33 Å². The Hall–Kier alpha value is -1.94. The molecule has 7 heteroatoms. The fourth-order valence-corrected chi connectivity index (χ4v) is 1.82. The Balaban J connectivity index is 3.60. The van der Waals surface area contributed by atoms with Gasteiger partial charge in [0.2, 0.25) is 0 Å². The number of rotatable bonds is 3. The Bertz CT molecular complexity index is 507. The molecular formula is C9H5BrN2O4. The first-order chi connectivity index (χ1) is 7.52. The molecule has 0 aliphatic heterocycles. The molecule has 0 aliphatic carbocycles. The number of benzene rings is 1. The first-order valence-electron chi connectivity index (χ1n) is 4.02. The molecule has 0 spiro atoms. The summed E-state index contributed by atoms with van der Waals surface area (Å²) >= 11 is 3.00. The lowest BCUT2D eigenvalue weighted by Gasteiger charge is -2.04. The van der Waals surface area contributed by atoms with Gasteiger partial charge in [0.1, 0.15) is 6.07 Å². The average Bonchev–Trinajstić information content (AvgIpc) is 2.26. The second-order valence-corrected chi connectivity index (χ2v) is 3.35. The van der Waals surface area contributed by atoms with Crippen LogP contribution in [0, 0.1) is 21.4 Å². The van der Waals surface area contributed by atoms with E-state index in [0.717, 1.165) is 12.1 Å². The van der Waals surface area contributed by atoms with Gasteiger partial charge in [-0.3, -0.25) is 10.1 Å². The molecule has 82 valence electrons. The van der Waals surface area contributed by atoms with Gasteiger partial charge in [-0.15, -0.1) is 0 Å². The Morgan fingerprint density at radius 3 is 2.62 bits per heavy atom. The zero-order valence-electron chi connectivity index (χ0n) is 7.81. The minimum atomic E-state index is -1.28. The Labute approximate surface area is 98.4 Å². The van der Waals surface area contributed by atoms with E-state index in [2.05, 4.69) is 15.9 Å². The van der Waals surface area contributed by atoms with Crippen LogP contribution in [0.1, 0.15) is 21.5 Å². The van der Waals surface area contributed by atoms with Crippen LogP contribution in [0.5, 0.6) is 0 Å². The van der Waals surface area contributed by atoms with Crippen molar-refractivity contribution in [1.29, 1.82) is 5.26 Å². The predicted octanol–water partition coefficient (Wildman–Crippen LogP) is 2.06. The fourth-order valence-electron chi connectivity index (χ4n) is 1.25. The van der Waals surface area contributed by atoms with Crippen molar-refractivity contribution >= 4 is 27.6 Å². The third kappa shape index (κ3) is 2.01. The van der Waals surface area contributed by atoms with Crippen molar-refractivity contribution in [3.05, 3.63) is 38.9 Å². The molecule has 0 amide bonds. The maximum absolute atomic E-state index is 10.8. The second kappa shape index (κ2) is 4.72. The number of carboxylic acid groups (broad SMARTS) is 1. The lowest BCUT2D eigenvalue weighted by atomic mass is 10.0. The van der Waals surface area contributed by atoms with Crippen LogP contribution in [-0.4, -0.2) is 16.0 Å². The topological polar surface area (TPSA) is 104 Å². The molecule has 1 rings (SSSR count). The van der Waals surface area contributed by atoms with Crippen molar-refractivity contribution in [3.63, 3.8) is 0 Å². The number of aromatic carboxylic acids is 1. The highest BCUT2D eigenvalue weighted by molar-refractivity contribution is 9.08. The van der Waals surface area contributed by atoms with Gasteiger partial charge in [-0.05, 0) is 6.07 Å². The van der Waals surface area contributed by atoms with Crippen molar-refractivity contribution in [2.24, 2.45) is 0 Å². The zero-order valence-corrected chi connectivity index (χ0v) is 9.39. The molecule has 0 unspecified atom stereocenters. The Morgan fingerprint density at radius 2 is 2.25 bits per heavy atom. The molecule has 0 saturated carbocycles. The second-order valence-electron chi connectivity index (χ2n) is 2.79. The summed E-state index contributed by atoms with van der Waals surface area (Å²) in [6, 6.07) is 3.82. The van der Waals surface area contributed by atoms with Gasteiger partial charge in [-0.1, -0.05) is 15.9 Å². The van der Waals surface area contributed by atoms with Crippen LogP contribution in [0.25, 0.3) is 0 Å². The van der Waals surface area contributed by atoms with E-state index in [1.165, 1.54) is 0 Å². The molecule has 1 aromatic carbocycles. The third-order valence-electron chi connectivity index (χ3n) is 1.96. The van der Waals surface area contributed by atoms with Crippen molar-refractivity contribution in [1.82, 2.24) is 0 Å². The van der Waals surface area contributed by atoms with Crippen LogP contribution in [0.3, 0.4) is 0 Å². The van der Waals surface area contributed by atoms with E-state index >= 15 is 0 Å². The van der Waals surface area contributed by atoms with Crippen LogP contribution in [0.2, 0.25) is 0 Å². The molecular weight excluding hydrogens is 280 g/mol. The lowest BCUT2D eigenvalue weighted by molar-refractivity contribution is -0.385. The maximum Gasteiger partial charge on any atom is 0.337 e. The van der Waals surface area contributed by atoms with Crippen LogP contribution in [0.15, 0.2) is 12.1 Å². The summed E-state index contributed by atoms with van der Waals surface area (Å²) in [5, 5.41) is 28.3. The van der Waals surface area contributed by atoms with Gasteiger partial charge < -0.3 is 5.11 Å². The van der Waals surface area contributed by atoms with E-state index < -0.39 is 10.9 Å². The maximum atomic E-state index is 10.8. The summed E-state index contributed by atoms with van der Waals surface area (Å²) < 4.78 is 0. The van der Waals surface area contributed by atoms with Gasteiger partial charge in [0.05, 0.1) is 21.6 Å². The third-order valence-corrected chi connectivity index (χ3v) is 2.52. The van der Waals surface area contributed by atoms with Crippen molar-refractivity contribution in [3.8, 4) is 6.07 Å². The summed E-state index contributed by atoms with van der Waals surface area (Å²) in [5.41, 5.74) is -0.605. The monoisotopic (exact) mass is 284 g/mol. The lowest BCUT2D eigenvalue weighted by Crippen LogP contribution is -2.05. The van der Waals surface area contributed by atoms with E-state index in [1.54, 1.807) is 6.07 Å². The number of alkyl halides is 1. The number of hydrogen-bond acceptors (Lipinski definition) is 4. The number of carboxylic acids is 1. The average molecular weight is 285 g/mol. The van der Waals surface area contributed by atoms with E-state index in [0.29, 0.717) is 0 Å². The molecule has 16 heavy (non-hydrogen) atoms. The molecule has 0 radical (unpaired) electrons. The summed E-state index contributed by atoms with van der Waals surface area (Å²) in [6.45, 7) is 0. The number of nitro benzene ring substituents is 1. The van der Waals surface area contributed by atoms with E-state index in [4.69, 9.17) is 10.4 Å². The minimum Gasteiger partial charge on any atom is -0.478 e. The quantitative estimate of drug-likeness (QED) is 0.520.